The van der Waals surface area contributed by atoms with Crippen LogP contribution in [-0.4, -0.2) is 59.4 Å². The molecule has 1 aromatic heterocycles. The van der Waals surface area contributed by atoms with E-state index >= 15 is 0 Å². The first-order valence-corrected chi connectivity index (χ1v) is 10.5. The molecule has 1 saturated heterocycles. The Bertz CT molecular complexity index is 1040. The van der Waals surface area contributed by atoms with E-state index in [-0.39, 0.29) is 0 Å². The number of nitrogens with zero attached hydrogens (tertiary/aromatic N) is 4. The Labute approximate surface area is 182 Å². The van der Waals surface area contributed by atoms with E-state index in [9.17, 15) is 0 Å². The molecular weight excluding hydrogens is 396 g/mol. The van der Waals surface area contributed by atoms with E-state index in [1.807, 2.05) is 30.3 Å². The summed E-state index contributed by atoms with van der Waals surface area (Å²) in [7, 11) is 1.64. The zero-order chi connectivity index (χ0) is 20.8. The summed E-state index contributed by atoms with van der Waals surface area (Å²) < 4.78 is 12.9. The Morgan fingerprint density at radius 1 is 1.00 bits per heavy atom. The molecule has 0 unspecified atom stereocenters. The van der Waals surface area contributed by atoms with Crippen LogP contribution in [0.4, 0.5) is 0 Å². The number of aromatic nitrogens is 2. The lowest BCUT2D eigenvalue weighted by Gasteiger charge is -2.33. The second-order valence-corrected chi connectivity index (χ2v) is 7.60. The van der Waals surface area contributed by atoms with Crippen LogP contribution in [0.3, 0.4) is 0 Å². The number of methoxy groups -OCH3 is 1. The number of ether oxygens (including phenoxy) is 1. The van der Waals surface area contributed by atoms with Crippen LogP contribution in [0.1, 0.15) is 5.56 Å². The quantitative estimate of drug-likeness (QED) is 0.533. The Morgan fingerprint density at radius 2 is 1.70 bits per heavy atom. The molecule has 0 bridgehead atoms. The van der Waals surface area contributed by atoms with Crippen LogP contribution in [0.2, 0.25) is 0 Å². The van der Waals surface area contributed by atoms with E-state index in [1.165, 1.54) is 5.56 Å². The molecule has 30 heavy (non-hydrogen) atoms. The zero-order valence-electron chi connectivity index (χ0n) is 17.1. The molecular formula is C23H26N4O2S. The zero-order valence-corrected chi connectivity index (χ0v) is 17.9. The summed E-state index contributed by atoms with van der Waals surface area (Å²) in [6, 6.07) is 18.1. The van der Waals surface area contributed by atoms with Crippen molar-refractivity contribution in [3.63, 3.8) is 0 Å². The number of rotatable bonds is 7. The van der Waals surface area contributed by atoms with Gasteiger partial charge in [-0.3, -0.25) is 9.80 Å². The highest BCUT2D eigenvalue weighted by molar-refractivity contribution is 7.71. The minimum atomic E-state index is 0.379. The monoisotopic (exact) mass is 422 g/mol. The number of hydrogen-bond acceptors (Lipinski definition) is 6. The first-order valence-electron chi connectivity index (χ1n) is 10.1. The summed E-state index contributed by atoms with van der Waals surface area (Å²) in [5, 5.41) is 4.58. The first-order chi connectivity index (χ1) is 14.7. The standard InChI is InChI=1S/C23H26N4O2S/c1-28-21-12-6-5-11-20(21)22-24-27(23(30)29-22)18-26-16-14-25(15-17-26)13-7-10-19-8-3-2-4-9-19/h2-12H,13-18H2,1H3/b10-7+. The van der Waals surface area contributed by atoms with E-state index in [0.29, 0.717) is 17.4 Å². The molecule has 156 valence electrons. The Balaban J connectivity index is 1.32. The normalized spacial score (nSPS) is 15.6. The van der Waals surface area contributed by atoms with Crippen molar-refractivity contribution in [2.24, 2.45) is 0 Å². The summed E-state index contributed by atoms with van der Waals surface area (Å²) in [5.41, 5.74) is 2.04. The third-order valence-corrected chi connectivity index (χ3v) is 5.51. The van der Waals surface area contributed by atoms with Gasteiger partial charge in [0.05, 0.1) is 19.3 Å². The van der Waals surface area contributed by atoms with E-state index in [2.05, 4.69) is 51.3 Å². The Hall–Kier alpha value is -2.74. The maximum Gasteiger partial charge on any atom is 0.288 e. The van der Waals surface area contributed by atoms with Crippen molar-refractivity contribution in [3.8, 4) is 17.2 Å². The third-order valence-electron chi connectivity index (χ3n) is 5.22. The van der Waals surface area contributed by atoms with Crippen molar-refractivity contribution < 1.29 is 9.15 Å². The fraction of sp³-hybridized carbons (Fsp3) is 0.304. The van der Waals surface area contributed by atoms with Gasteiger partial charge in [0.25, 0.3) is 10.7 Å². The first kappa shape index (κ1) is 20.5. The summed E-state index contributed by atoms with van der Waals surface area (Å²) in [5.74, 6) is 1.21. The average molecular weight is 423 g/mol. The van der Waals surface area contributed by atoms with Crippen molar-refractivity contribution in [1.29, 1.82) is 0 Å². The van der Waals surface area contributed by atoms with E-state index in [4.69, 9.17) is 21.4 Å². The van der Waals surface area contributed by atoms with E-state index in [1.54, 1.807) is 11.8 Å². The molecule has 0 radical (unpaired) electrons. The highest BCUT2D eigenvalue weighted by Crippen LogP contribution is 2.28. The molecule has 1 fully saturated rings. The molecule has 2 heterocycles. The van der Waals surface area contributed by atoms with Crippen LogP contribution in [0.5, 0.6) is 5.75 Å². The van der Waals surface area contributed by atoms with Crippen LogP contribution in [0.25, 0.3) is 17.5 Å². The lowest BCUT2D eigenvalue weighted by Crippen LogP contribution is -2.46. The van der Waals surface area contributed by atoms with Crippen molar-refractivity contribution in [2.45, 2.75) is 6.67 Å². The fourth-order valence-electron chi connectivity index (χ4n) is 3.53. The lowest BCUT2D eigenvalue weighted by atomic mass is 10.2. The molecule has 4 rings (SSSR count). The number of piperazine rings is 1. The van der Waals surface area contributed by atoms with Gasteiger partial charge in [-0.1, -0.05) is 54.6 Å². The molecule has 1 aliphatic heterocycles. The molecule has 0 amide bonds. The summed E-state index contributed by atoms with van der Waals surface area (Å²) in [4.78, 5) is 5.18. The molecule has 0 saturated carbocycles. The third kappa shape index (κ3) is 5.05. The SMILES string of the molecule is COc1ccccc1-c1nn(CN2CCN(C/C=C/c3ccccc3)CC2)c(=S)o1. The van der Waals surface area contributed by atoms with E-state index in [0.717, 1.165) is 44.0 Å². The molecule has 6 nitrogen and oxygen atoms in total. The largest absolute Gasteiger partial charge is 0.496 e. The van der Waals surface area contributed by atoms with Crippen molar-refractivity contribution in [3.05, 3.63) is 71.1 Å². The second kappa shape index (κ2) is 9.84. The molecule has 0 spiro atoms. The molecule has 0 aliphatic carbocycles. The van der Waals surface area contributed by atoms with Crippen LogP contribution < -0.4 is 4.74 Å². The van der Waals surface area contributed by atoms with E-state index < -0.39 is 0 Å². The van der Waals surface area contributed by atoms with Gasteiger partial charge in [-0.05, 0) is 29.9 Å². The van der Waals surface area contributed by atoms with Crippen LogP contribution in [0, 0.1) is 4.84 Å². The topological polar surface area (TPSA) is 46.7 Å². The molecule has 3 aromatic rings. The highest BCUT2D eigenvalue weighted by atomic mass is 32.1. The fourth-order valence-corrected chi connectivity index (χ4v) is 3.71. The summed E-state index contributed by atoms with van der Waals surface area (Å²) in [6.45, 7) is 5.57. The van der Waals surface area contributed by atoms with Gasteiger partial charge in [0.15, 0.2) is 0 Å². The van der Waals surface area contributed by atoms with Crippen LogP contribution in [-0.2, 0) is 6.67 Å². The summed E-state index contributed by atoms with van der Waals surface area (Å²) in [6.07, 6.45) is 4.42. The number of benzene rings is 2. The smallest absolute Gasteiger partial charge is 0.288 e. The minimum Gasteiger partial charge on any atom is -0.496 e. The van der Waals surface area contributed by atoms with Crippen molar-refractivity contribution >= 4 is 18.3 Å². The second-order valence-electron chi connectivity index (χ2n) is 7.25. The van der Waals surface area contributed by atoms with Gasteiger partial charge in [-0.15, -0.1) is 5.10 Å². The molecule has 0 atom stereocenters. The van der Waals surface area contributed by atoms with Gasteiger partial charge < -0.3 is 9.15 Å². The minimum absolute atomic E-state index is 0.379. The van der Waals surface area contributed by atoms with Crippen molar-refractivity contribution in [2.75, 3.05) is 39.8 Å². The maximum atomic E-state index is 5.74. The van der Waals surface area contributed by atoms with Gasteiger partial charge in [0.1, 0.15) is 5.75 Å². The molecule has 0 N–H and O–H groups in total. The number of hydrogen-bond donors (Lipinski definition) is 0. The average Bonchev–Trinajstić information content (AvgIpc) is 3.15. The highest BCUT2D eigenvalue weighted by Gasteiger charge is 2.18. The summed E-state index contributed by atoms with van der Waals surface area (Å²) >= 11 is 5.39. The Kier molecular flexibility index (Phi) is 6.74. The van der Waals surface area contributed by atoms with Crippen molar-refractivity contribution in [1.82, 2.24) is 19.6 Å². The Morgan fingerprint density at radius 3 is 2.47 bits per heavy atom. The maximum absolute atomic E-state index is 5.74. The van der Waals surface area contributed by atoms with Gasteiger partial charge in [-0.25, -0.2) is 4.68 Å². The van der Waals surface area contributed by atoms with Crippen LogP contribution in [0.15, 0.2) is 65.1 Å². The molecule has 2 aromatic carbocycles. The number of para-hydroxylation sites is 1. The predicted octanol–water partition coefficient (Wildman–Crippen LogP) is 4.17. The van der Waals surface area contributed by atoms with Crippen LogP contribution >= 0.6 is 12.2 Å². The van der Waals surface area contributed by atoms with Gasteiger partial charge in [0, 0.05) is 32.7 Å². The van der Waals surface area contributed by atoms with Gasteiger partial charge in [-0.2, -0.15) is 0 Å². The van der Waals surface area contributed by atoms with Gasteiger partial charge in [0.2, 0.25) is 0 Å². The predicted molar refractivity (Wildman–Crippen MR) is 121 cm³/mol. The molecule has 1 aliphatic rings. The van der Waals surface area contributed by atoms with Gasteiger partial charge >= 0.3 is 0 Å². The molecule has 7 heteroatoms. The lowest BCUT2D eigenvalue weighted by molar-refractivity contribution is 0.109.